The summed E-state index contributed by atoms with van der Waals surface area (Å²) in [6, 6.07) is 0. The highest BCUT2D eigenvalue weighted by Crippen LogP contribution is 2.18. The summed E-state index contributed by atoms with van der Waals surface area (Å²) in [5.74, 6) is -0.578. The maximum Gasteiger partial charge on any atom is 0.306 e. The molecule has 0 saturated heterocycles. The van der Waals surface area contributed by atoms with Crippen molar-refractivity contribution >= 4 is 11.9 Å². The first kappa shape index (κ1) is 73.3. The molecule has 1 atom stereocenters. The summed E-state index contributed by atoms with van der Waals surface area (Å²) in [5.41, 5.74) is 0. The van der Waals surface area contributed by atoms with Gasteiger partial charge in [0.15, 0.2) is 6.10 Å². The first-order valence-electron chi connectivity index (χ1n) is 33.5. The Morgan fingerprint density at radius 1 is 0.316 bits per heavy atom. The van der Waals surface area contributed by atoms with Crippen LogP contribution in [0.5, 0.6) is 0 Å². The number of unbranched alkanes of at least 4 members (excludes halogenated alkanes) is 42. The number of aliphatic hydroxyl groups excluding tert-OH is 1. The van der Waals surface area contributed by atoms with Gasteiger partial charge in [0.2, 0.25) is 0 Å². The van der Waals surface area contributed by atoms with Gasteiger partial charge in [-0.2, -0.15) is 0 Å². The summed E-state index contributed by atoms with van der Waals surface area (Å²) in [5, 5.41) is 9.69. The van der Waals surface area contributed by atoms with Gasteiger partial charge in [0.05, 0.1) is 6.61 Å². The van der Waals surface area contributed by atoms with Crippen molar-refractivity contribution in [2.75, 3.05) is 13.2 Å². The fourth-order valence-corrected chi connectivity index (χ4v) is 9.99. The quantitative estimate of drug-likeness (QED) is 0.0373. The SMILES string of the molecule is CC/C=C\C/C=C\C/C=C\C/C=C\CCCCCCCCCCCCCCC(=O)OC(CO)COC(=O)CCCCCCCCCCCCCCCCCCCCCCCCCCC/C=C\C/C=C\CCCCCCC. The molecule has 0 aromatic heterocycles. The number of ether oxygens (including phenoxy) is 2. The zero-order valence-electron chi connectivity index (χ0n) is 50.8. The number of rotatable bonds is 62. The molecule has 0 fully saturated rings. The number of hydrogen-bond acceptors (Lipinski definition) is 5. The molecule has 0 aromatic rings. The fourth-order valence-electron chi connectivity index (χ4n) is 9.99. The van der Waals surface area contributed by atoms with Crippen LogP contribution in [0.4, 0.5) is 0 Å². The molecule has 1 unspecified atom stereocenters. The predicted molar refractivity (Wildman–Crippen MR) is 334 cm³/mol. The number of allylic oxidation sites excluding steroid dienone is 12. The third-order valence-corrected chi connectivity index (χ3v) is 15.0. The van der Waals surface area contributed by atoms with Crippen LogP contribution in [0.15, 0.2) is 72.9 Å². The molecule has 0 spiro atoms. The minimum absolute atomic E-state index is 0.0645. The van der Waals surface area contributed by atoms with Gasteiger partial charge in [-0.3, -0.25) is 9.59 Å². The van der Waals surface area contributed by atoms with Crippen molar-refractivity contribution < 1.29 is 24.2 Å². The maximum absolute atomic E-state index is 12.3. The van der Waals surface area contributed by atoms with Crippen molar-refractivity contribution in [3.8, 4) is 0 Å². The molecule has 0 aliphatic rings. The van der Waals surface area contributed by atoms with Crippen LogP contribution in [0.2, 0.25) is 0 Å². The normalized spacial score (nSPS) is 12.6. The van der Waals surface area contributed by atoms with E-state index in [-0.39, 0.29) is 25.2 Å². The molecule has 5 heteroatoms. The second-order valence-corrected chi connectivity index (χ2v) is 22.5. The van der Waals surface area contributed by atoms with Crippen LogP contribution in [0.25, 0.3) is 0 Å². The van der Waals surface area contributed by atoms with Crippen molar-refractivity contribution in [1.82, 2.24) is 0 Å². The smallest absolute Gasteiger partial charge is 0.306 e. The van der Waals surface area contributed by atoms with Crippen LogP contribution in [-0.4, -0.2) is 36.4 Å². The summed E-state index contributed by atoms with van der Waals surface area (Å²) >= 11 is 0. The number of carbonyl (C=O) groups excluding carboxylic acids is 2. The molecule has 0 bridgehead atoms. The zero-order chi connectivity index (χ0) is 54.8. The van der Waals surface area contributed by atoms with Gasteiger partial charge in [-0.15, -0.1) is 0 Å². The molecule has 0 aliphatic carbocycles. The Bertz CT molecular complexity index is 1340. The van der Waals surface area contributed by atoms with E-state index >= 15 is 0 Å². The average Bonchev–Trinajstić information content (AvgIpc) is 3.42. The number of carbonyl (C=O) groups is 2. The Balaban J connectivity index is 3.40. The minimum Gasteiger partial charge on any atom is -0.462 e. The Labute approximate surface area is 473 Å². The van der Waals surface area contributed by atoms with Gasteiger partial charge in [-0.1, -0.05) is 324 Å². The highest BCUT2D eigenvalue weighted by atomic mass is 16.6. The lowest BCUT2D eigenvalue weighted by Gasteiger charge is -2.15. The molecular formula is C71H128O5. The third kappa shape index (κ3) is 63.9. The van der Waals surface area contributed by atoms with Crippen molar-refractivity contribution in [1.29, 1.82) is 0 Å². The highest BCUT2D eigenvalue weighted by Gasteiger charge is 2.16. The fraction of sp³-hybridized carbons (Fsp3) is 0.803. The predicted octanol–water partition coefficient (Wildman–Crippen LogP) is 23.1. The summed E-state index contributed by atoms with van der Waals surface area (Å²) in [6.45, 7) is 4.06. The molecule has 0 amide bonds. The molecule has 1 N–H and O–H groups in total. The van der Waals surface area contributed by atoms with Crippen LogP contribution in [0.1, 0.15) is 348 Å². The summed E-state index contributed by atoms with van der Waals surface area (Å²) in [6.07, 6.45) is 92.1. The van der Waals surface area contributed by atoms with E-state index in [9.17, 15) is 14.7 Å². The van der Waals surface area contributed by atoms with Crippen LogP contribution < -0.4 is 0 Å². The average molecular weight is 1060 g/mol. The molecule has 442 valence electrons. The largest absolute Gasteiger partial charge is 0.462 e. The van der Waals surface area contributed by atoms with E-state index < -0.39 is 6.10 Å². The first-order valence-corrected chi connectivity index (χ1v) is 33.5. The van der Waals surface area contributed by atoms with Gasteiger partial charge in [0, 0.05) is 12.8 Å². The minimum atomic E-state index is -0.775. The van der Waals surface area contributed by atoms with Crippen LogP contribution in [0, 0.1) is 0 Å². The second kappa shape index (κ2) is 66.6. The van der Waals surface area contributed by atoms with E-state index in [1.54, 1.807) is 0 Å². The lowest BCUT2D eigenvalue weighted by molar-refractivity contribution is -0.161. The number of esters is 2. The standard InChI is InChI=1S/C71H128O5/c1-3-5-7-9-11-13-15-17-19-21-23-25-27-29-30-31-32-33-34-35-36-37-38-39-40-42-43-45-47-49-51-53-55-57-59-61-63-65-70(73)75-68-69(67-72)76-71(74)66-64-62-60-58-56-54-52-50-48-46-44-41-28-26-24-22-20-18-16-14-12-10-8-6-4-2/h6,8,12,14-15,17-18,20-21,23-24,26,69,72H,3-5,7,9-11,13,16,19,22,25,27-68H2,1-2H3/b8-6-,14-12-,17-15-,20-18-,23-21-,26-24-. The van der Waals surface area contributed by atoms with E-state index in [1.807, 2.05) is 0 Å². The summed E-state index contributed by atoms with van der Waals surface area (Å²) in [7, 11) is 0. The van der Waals surface area contributed by atoms with Gasteiger partial charge >= 0.3 is 11.9 Å². The van der Waals surface area contributed by atoms with Crippen molar-refractivity contribution in [2.24, 2.45) is 0 Å². The molecule has 0 rings (SSSR count). The molecule has 0 saturated carbocycles. The Kier molecular flexibility index (Phi) is 64.3. The van der Waals surface area contributed by atoms with Gasteiger partial charge in [0.25, 0.3) is 0 Å². The number of aliphatic hydroxyl groups is 1. The molecular weight excluding hydrogens is 933 g/mol. The zero-order valence-corrected chi connectivity index (χ0v) is 50.8. The van der Waals surface area contributed by atoms with Crippen molar-refractivity contribution in [2.45, 2.75) is 354 Å². The summed E-state index contributed by atoms with van der Waals surface area (Å²) < 4.78 is 10.7. The Hall–Kier alpha value is -2.66. The topological polar surface area (TPSA) is 72.8 Å². The second-order valence-electron chi connectivity index (χ2n) is 22.5. The maximum atomic E-state index is 12.3. The Morgan fingerprint density at radius 3 is 0.855 bits per heavy atom. The Morgan fingerprint density at radius 2 is 0.566 bits per heavy atom. The molecule has 76 heavy (non-hydrogen) atoms. The lowest BCUT2D eigenvalue weighted by atomic mass is 10.0. The van der Waals surface area contributed by atoms with Gasteiger partial charge in [-0.25, -0.2) is 0 Å². The van der Waals surface area contributed by atoms with Crippen LogP contribution in [-0.2, 0) is 19.1 Å². The van der Waals surface area contributed by atoms with Gasteiger partial charge in [-0.05, 0) is 83.5 Å². The van der Waals surface area contributed by atoms with E-state index in [2.05, 4.69) is 86.8 Å². The van der Waals surface area contributed by atoms with Crippen molar-refractivity contribution in [3.05, 3.63) is 72.9 Å². The highest BCUT2D eigenvalue weighted by molar-refractivity contribution is 5.70. The van der Waals surface area contributed by atoms with E-state index in [1.165, 1.54) is 250 Å². The lowest BCUT2D eigenvalue weighted by Crippen LogP contribution is -2.28. The van der Waals surface area contributed by atoms with Crippen molar-refractivity contribution in [3.63, 3.8) is 0 Å². The van der Waals surface area contributed by atoms with E-state index in [0.29, 0.717) is 12.8 Å². The van der Waals surface area contributed by atoms with Crippen LogP contribution >= 0.6 is 0 Å². The first-order chi connectivity index (χ1) is 37.6. The number of hydrogen-bond donors (Lipinski definition) is 1. The molecule has 0 heterocycles. The molecule has 0 aromatic carbocycles. The monoisotopic (exact) mass is 1060 g/mol. The summed E-state index contributed by atoms with van der Waals surface area (Å²) in [4.78, 5) is 24.6. The van der Waals surface area contributed by atoms with E-state index in [0.717, 1.165) is 70.6 Å². The van der Waals surface area contributed by atoms with Gasteiger partial charge in [0.1, 0.15) is 6.61 Å². The van der Waals surface area contributed by atoms with E-state index in [4.69, 9.17) is 9.47 Å². The molecule has 0 aliphatic heterocycles. The van der Waals surface area contributed by atoms with Crippen LogP contribution in [0.3, 0.4) is 0 Å². The third-order valence-electron chi connectivity index (χ3n) is 15.0. The molecule has 5 nitrogen and oxygen atoms in total. The molecule has 0 radical (unpaired) electrons. The van der Waals surface area contributed by atoms with Gasteiger partial charge < -0.3 is 14.6 Å².